The summed E-state index contributed by atoms with van der Waals surface area (Å²) in [5, 5.41) is 9.30. The Morgan fingerprint density at radius 1 is 1.32 bits per heavy atom. The number of benzene rings is 1. The molecule has 19 heavy (non-hydrogen) atoms. The predicted molar refractivity (Wildman–Crippen MR) is 72.0 cm³/mol. The SMILES string of the molecule is O=C(O)CCC(=O)N1CCCC1c1ccccc1Cl. The zero-order chi connectivity index (χ0) is 13.8. The van der Waals surface area contributed by atoms with Crippen molar-refractivity contribution in [2.24, 2.45) is 0 Å². The molecule has 0 bridgehead atoms. The van der Waals surface area contributed by atoms with Crippen LogP contribution in [0, 0.1) is 0 Å². The Hall–Kier alpha value is -1.55. The summed E-state index contributed by atoms with van der Waals surface area (Å²) in [5.41, 5.74) is 0.949. The van der Waals surface area contributed by atoms with Crippen LogP contribution >= 0.6 is 11.6 Å². The standard InChI is InChI=1S/C14H16ClNO3/c15-11-5-2-1-4-10(11)12-6-3-9-16(12)13(17)7-8-14(18)19/h1-2,4-5,12H,3,6-9H2,(H,18,19). The van der Waals surface area contributed by atoms with Gasteiger partial charge in [-0.1, -0.05) is 29.8 Å². The largest absolute Gasteiger partial charge is 0.481 e. The Kier molecular flexibility index (Phi) is 4.43. The second-order valence-electron chi connectivity index (χ2n) is 4.66. The molecule has 0 spiro atoms. The predicted octanol–water partition coefficient (Wildman–Crippen LogP) is 2.87. The maximum atomic E-state index is 12.1. The molecule has 1 N–H and O–H groups in total. The van der Waals surface area contributed by atoms with Crippen LogP contribution in [0.4, 0.5) is 0 Å². The average molecular weight is 282 g/mol. The van der Waals surface area contributed by atoms with Crippen molar-refractivity contribution in [3.63, 3.8) is 0 Å². The molecule has 1 amide bonds. The van der Waals surface area contributed by atoms with E-state index in [-0.39, 0.29) is 24.8 Å². The van der Waals surface area contributed by atoms with Crippen LogP contribution in [-0.2, 0) is 9.59 Å². The maximum absolute atomic E-state index is 12.1. The summed E-state index contributed by atoms with van der Waals surface area (Å²) in [5.74, 6) is -1.05. The molecule has 102 valence electrons. The number of halogens is 1. The van der Waals surface area contributed by atoms with Crippen molar-refractivity contribution in [2.75, 3.05) is 6.54 Å². The van der Waals surface area contributed by atoms with Gasteiger partial charge in [0, 0.05) is 18.0 Å². The molecule has 1 heterocycles. The van der Waals surface area contributed by atoms with E-state index in [9.17, 15) is 9.59 Å². The Bertz CT molecular complexity index is 489. The monoisotopic (exact) mass is 281 g/mol. The minimum atomic E-state index is -0.943. The number of nitrogens with zero attached hydrogens (tertiary/aromatic N) is 1. The molecule has 1 aromatic rings. The van der Waals surface area contributed by atoms with Gasteiger partial charge < -0.3 is 10.0 Å². The van der Waals surface area contributed by atoms with Gasteiger partial charge in [-0.3, -0.25) is 9.59 Å². The van der Waals surface area contributed by atoms with Gasteiger partial charge >= 0.3 is 5.97 Å². The summed E-state index contributed by atoms with van der Waals surface area (Å²) in [6, 6.07) is 7.48. The molecule has 4 nitrogen and oxygen atoms in total. The third kappa shape index (κ3) is 3.26. The number of rotatable bonds is 4. The highest BCUT2D eigenvalue weighted by Crippen LogP contribution is 2.35. The molecule has 0 radical (unpaired) electrons. The van der Waals surface area contributed by atoms with E-state index in [4.69, 9.17) is 16.7 Å². The molecule has 0 saturated carbocycles. The third-order valence-electron chi connectivity index (χ3n) is 3.39. The zero-order valence-electron chi connectivity index (χ0n) is 10.5. The van der Waals surface area contributed by atoms with E-state index in [0.717, 1.165) is 18.4 Å². The summed E-state index contributed by atoms with van der Waals surface area (Å²) >= 11 is 6.17. The van der Waals surface area contributed by atoms with Gasteiger partial charge in [0.05, 0.1) is 12.5 Å². The van der Waals surface area contributed by atoms with Gasteiger partial charge in [-0.05, 0) is 24.5 Å². The molecule has 2 rings (SSSR count). The lowest BCUT2D eigenvalue weighted by molar-refractivity contribution is -0.141. The van der Waals surface area contributed by atoms with E-state index in [1.54, 1.807) is 4.90 Å². The molecule has 0 aromatic heterocycles. The quantitative estimate of drug-likeness (QED) is 0.923. The number of carboxylic acid groups (broad SMARTS) is 1. The molecule has 1 unspecified atom stereocenters. The Labute approximate surface area is 117 Å². The second-order valence-corrected chi connectivity index (χ2v) is 5.07. The summed E-state index contributed by atoms with van der Waals surface area (Å²) in [7, 11) is 0. The van der Waals surface area contributed by atoms with Crippen molar-refractivity contribution in [3.8, 4) is 0 Å². The number of amides is 1. The lowest BCUT2D eigenvalue weighted by Gasteiger charge is -2.25. The van der Waals surface area contributed by atoms with Gasteiger partial charge in [0.15, 0.2) is 0 Å². The van der Waals surface area contributed by atoms with Gasteiger partial charge in [0.25, 0.3) is 0 Å². The van der Waals surface area contributed by atoms with Crippen LogP contribution in [0.5, 0.6) is 0 Å². The van der Waals surface area contributed by atoms with Gasteiger partial charge in [0.1, 0.15) is 0 Å². The number of carboxylic acids is 1. The molecule has 1 aliphatic heterocycles. The van der Waals surface area contributed by atoms with E-state index in [2.05, 4.69) is 0 Å². The van der Waals surface area contributed by atoms with Gasteiger partial charge in [0.2, 0.25) is 5.91 Å². The van der Waals surface area contributed by atoms with Crippen LogP contribution in [0.1, 0.15) is 37.3 Å². The first-order valence-corrected chi connectivity index (χ1v) is 6.73. The van der Waals surface area contributed by atoms with Crippen LogP contribution in [0.25, 0.3) is 0 Å². The molecular weight excluding hydrogens is 266 g/mol. The Morgan fingerprint density at radius 3 is 2.74 bits per heavy atom. The number of hydrogen-bond acceptors (Lipinski definition) is 2. The highest BCUT2D eigenvalue weighted by atomic mass is 35.5. The molecule has 1 saturated heterocycles. The topological polar surface area (TPSA) is 57.6 Å². The lowest BCUT2D eigenvalue weighted by Crippen LogP contribution is -2.30. The fourth-order valence-electron chi connectivity index (χ4n) is 2.49. The van der Waals surface area contributed by atoms with Gasteiger partial charge in [-0.15, -0.1) is 0 Å². The summed E-state index contributed by atoms with van der Waals surface area (Å²) in [6.45, 7) is 0.675. The van der Waals surface area contributed by atoms with E-state index in [1.807, 2.05) is 24.3 Å². The van der Waals surface area contributed by atoms with E-state index >= 15 is 0 Å². The average Bonchev–Trinajstić information content (AvgIpc) is 2.85. The minimum absolute atomic E-state index is 0.0185. The first-order chi connectivity index (χ1) is 9.09. The number of hydrogen-bond donors (Lipinski definition) is 1. The number of aliphatic carboxylic acids is 1. The van der Waals surface area contributed by atoms with Crippen LogP contribution < -0.4 is 0 Å². The van der Waals surface area contributed by atoms with Crippen molar-refractivity contribution in [2.45, 2.75) is 31.7 Å². The highest BCUT2D eigenvalue weighted by Gasteiger charge is 2.30. The lowest BCUT2D eigenvalue weighted by atomic mass is 10.0. The van der Waals surface area contributed by atoms with Crippen LogP contribution in [0.2, 0.25) is 5.02 Å². The van der Waals surface area contributed by atoms with E-state index in [0.29, 0.717) is 11.6 Å². The van der Waals surface area contributed by atoms with E-state index < -0.39 is 5.97 Å². The smallest absolute Gasteiger partial charge is 0.303 e. The van der Waals surface area contributed by atoms with Crippen molar-refractivity contribution in [3.05, 3.63) is 34.9 Å². The highest BCUT2D eigenvalue weighted by molar-refractivity contribution is 6.31. The number of likely N-dealkylation sites (tertiary alicyclic amines) is 1. The normalized spacial score (nSPS) is 18.6. The van der Waals surface area contributed by atoms with Gasteiger partial charge in [-0.25, -0.2) is 0 Å². The minimum Gasteiger partial charge on any atom is -0.481 e. The summed E-state index contributed by atoms with van der Waals surface area (Å²) in [4.78, 5) is 24.4. The Morgan fingerprint density at radius 2 is 2.05 bits per heavy atom. The molecule has 1 fully saturated rings. The molecule has 0 aliphatic carbocycles. The first kappa shape index (κ1) is 13.9. The van der Waals surface area contributed by atoms with Crippen molar-refractivity contribution >= 4 is 23.5 Å². The Balaban J connectivity index is 2.11. The fraction of sp³-hybridized carbons (Fsp3) is 0.429. The van der Waals surface area contributed by atoms with Crippen molar-refractivity contribution in [1.29, 1.82) is 0 Å². The molecule has 1 aromatic carbocycles. The molecule has 1 atom stereocenters. The van der Waals surface area contributed by atoms with Crippen molar-refractivity contribution in [1.82, 2.24) is 4.90 Å². The van der Waals surface area contributed by atoms with Gasteiger partial charge in [-0.2, -0.15) is 0 Å². The number of carbonyl (C=O) groups is 2. The van der Waals surface area contributed by atoms with Crippen LogP contribution in [-0.4, -0.2) is 28.4 Å². The van der Waals surface area contributed by atoms with E-state index in [1.165, 1.54) is 0 Å². The van der Waals surface area contributed by atoms with Crippen LogP contribution in [0.3, 0.4) is 0 Å². The summed E-state index contributed by atoms with van der Waals surface area (Å²) < 4.78 is 0. The summed E-state index contributed by atoms with van der Waals surface area (Å²) in [6.07, 6.45) is 1.73. The van der Waals surface area contributed by atoms with Crippen molar-refractivity contribution < 1.29 is 14.7 Å². The number of carbonyl (C=O) groups excluding carboxylic acids is 1. The maximum Gasteiger partial charge on any atom is 0.303 e. The molecular formula is C14H16ClNO3. The molecule has 1 aliphatic rings. The first-order valence-electron chi connectivity index (χ1n) is 6.35. The second kappa shape index (κ2) is 6.06. The molecule has 5 heteroatoms. The fourth-order valence-corrected chi connectivity index (χ4v) is 2.75. The van der Waals surface area contributed by atoms with Crippen LogP contribution in [0.15, 0.2) is 24.3 Å². The zero-order valence-corrected chi connectivity index (χ0v) is 11.3. The third-order valence-corrected chi connectivity index (χ3v) is 3.73.